The van der Waals surface area contributed by atoms with Gasteiger partial charge >= 0.3 is 0 Å². The van der Waals surface area contributed by atoms with Crippen molar-refractivity contribution in [3.63, 3.8) is 0 Å². The SMILES string of the molecule is CNC(Cc1ccc(I)cc1)C1CCCC(C)C1. The van der Waals surface area contributed by atoms with E-state index in [4.69, 9.17) is 0 Å². The summed E-state index contributed by atoms with van der Waals surface area (Å²) in [5.41, 5.74) is 1.47. The number of hydrogen-bond acceptors (Lipinski definition) is 1. The molecule has 2 rings (SSSR count). The van der Waals surface area contributed by atoms with Crippen LogP contribution < -0.4 is 5.32 Å². The van der Waals surface area contributed by atoms with Crippen molar-refractivity contribution in [1.29, 1.82) is 0 Å². The Morgan fingerprint density at radius 1 is 1.28 bits per heavy atom. The van der Waals surface area contributed by atoms with Crippen LogP contribution in [0.15, 0.2) is 24.3 Å². The Morgan fingerprint density at radius 3 is 2.61 bits per heavy atom. The van der Waals surface area contributed by atoms with Gasteiger partial charge in [-0.25, -0.2) is 0 Å². The van der Waals surface area contributed by atoms with Crippen molar-refractivity contribution in [1.82, 2.24) is 5.32 Å². The van der Waals surface area contributed by atoms with Gasteiger partial charge in [0, 0.05) is 9.61 Å². The molecule has 0 bridgehead atoms. The fourth-order valence-electron chi connectivity index (χ4n) is 3.23. The maximum atomic E-state index is 3.55. The van der Waals surface area contributed by atoms with Crippen LogP contribution >= 0.6 is 22.6 Å². The first-order valence-corrected chi connectivity index (χ1v) is 8.18. The first-order valence-electron chi connectivity index (χ1n) is 7.10. The molecule has 18 heavy (non-hydrogen) atoms. The molecular formula is C16H24IN. The Labute approximate surface area is 125 Å². The molecule has 0 aromatic heterocycles. The first-order chi connectivity index (χ1) is 8.69. The van der Waals surface area contributed by atoms with E-state index in [2.05, 4.69) is 66.1 Å². The number of nitrogens with one attached hydrogen (secondary N) is 1. The monoisotopic (exact) mass is 357 g/mol. The Morgan fingerprint density at radius 2 is 2.00 bits per heavy atom. The van der Waals surface area contributed by atoms with Gasteiger partial charge in [0.15, 0.2) is 0 Å². The second kappa shape index (κ2) is 6.90. The third-order valence-electron chi connectivity index (χ3n) is 4.29. The van der Waals surface area contributed by atoms with E-state index in [1.54, 1.807) is 0 Å². The van der Waals surface area contributed by atoms with E-state index in [9.17, 15) is 0 Å². The molecule has 1 aliphatic carbocycles. The second-order valence-electron chi connectivity index (χ2n) is 5.76. The van der Waals surface area contributed by atoms with Crippen molar-refractivity contribution < 1.29 is 0 Å². The van der Waals surface area contributed by atoms with Gasteiger partial charge in [0.05, 0.1) is 0 Å². The molecule has 1 aromatic carbocycles. The Balaban J connectivity index is 1.98. The smallest absolute Gasteiger partial charge is 0.0133 e. The summed E-state index contributed by atoms with van der Waals surface area (Å²) >= 11 is 2.37. The van der Waals surface area contributed by atoms with E-state index >= 15 is 0 Å². The predicted molar refractivity (Wildman–Crippen MR) is 86.8 cm³/mol. The Kier molecular flexibility index (Phi) is 5.49. The zero-order chi connectivity index (χ0) is 13.0. The van der Waals surface area contributed by atoms with Crippen LogP contribution in [0.2, 0.25) is 0 Å². The molecule has 0 heterocycles. The van der Waals surface area contributed by atoms with Crippen molar-refractivity contribution in [2.45, 2.75) is 45.1 Å². The molecule has 1 saturated carbocycles. The van der Waals surface area contributed by atoms with Crippen LogP contribution in [0.3, 0.4) is 0 Å². The van der Waals surface area contributed by atoms with Crippen LogP contribution in [0, 0.1) is 15.4 Å². The van der Waals surface area contributed by atoms with E-state index in [-0.39, 0.29) is 0 Å². The van der Waals surface area contributed by atoms with Crippen LogP contribution in [0.5, 0.6) is 0 Å². The van der Waals surface area contributed by atoms with Crippen LogP contribution in [0.25, 0.3) is 0 Å². The summed E-state index contributed by atoms with van der Waals surface area (Å²) in [5, 5.41) is 3.55. The summed E-state index contributed by atoms with van der Waals surface area (Å²) in [6, 6.07) is 9.63. The molecule has 0 radical (unpaired) electrons. The van der Waals surface area contributed by atoms with E-state index in [1.165, 1.54) is 41.2 Å². The van der Waals surface area contributed by atoms with Crippen molar-refractivity contribution >= 4 is 22.6 Å². The lowest BCUT2D eigenvalue weighted by molar-refractivity contribution is 0.227. The fraction of sp³-hybridized carbons (Fsp3) is 0.625. The maximum Gasteiger partial charge on any atom is 0.0133 e. The molecule has 100 valence electrons. The topological polar surface area (TPSA) is 12.0 Å². The van der Waals surface area contributed by atoms with Crippen molar-refractivity contribution in [2.75, 3.05) is 7.05 Å². The van der Waals surface area contributed by atoms with E-state index in [0.29, 0.717) is 6.04 Å². The molecule has 1 fully saturated rings. The molecule has 2 heteroatoms. The molecule has 0 saturated heterocycles. The molecular weight excluding hydrogens is 333 g/mol. The molecule has 1 aliphatic rings. The zero-order valence-electron chi connectivity index (χ0n) is 11.5. The van der Waals surface area contributed by atoms with Gasteiger partial charge in [-0.3, -0.25) is 0 Å². The number of hydrogen-bond donors (Lipinski definition) is 1. The highest BCUT2D eigenvalue weighted by Gasteiger charge is 2.25. The molecule has 0 aliphatic heterocycles. The summed E-state index contributed by atoms with van der Waals surface area (Å²) in [6.45, 7) is 2.41. The van der Waals surface area contributed by atoms with Gasteiger partial charge in [-0.1, -0.05) is 31.9 Å². The van der Waals surface area contributed by atoms with Crippen molar-refractivity contribution in [3.05, 3.63) is 33.4 Å². The van der Waals surface area contributed by atoms with E-state index in [0.717, 1.165) is 11.8 Å². The molecule has 3 atom stereocenters. The second-order valence-corrected chi connectivity index (χ2v) is 7.00. The average molecular weight is 357 g/mol. The van der Waals surface area contributed by atoms with Gasteiger partial charge < -0.3 is 5.32 Å². The van der Waals surface area contributed by atoms with Gasteiger partial charge in [0.25, 0.3) is 0 Å². The zero-order valence-corrected chi connectivity index (χ0v) is 13.6. The van der Waals surface area contributed by atoms with Crippen LogP contribution in [-0.2, 0) is 6.42 Å². The maximum absolute atomic E-state index is 3.55. The Bertz CT molecular complexity index is 360. The quantitative estimate of drug-likeness (QED) is 0.795. The Hall–Kier alpha value is -0.0900. The summed E-state index contributed by atoms with van der Waals surface area (Å²) in [6.07, 6.45) is 6.81. The molecule has 0 spiro atoms. The first kappa shape index (κ1) is 14.3. The minimum atomic E-state index is 0.646. The van der Waals surface area contributed by atoms with Crippen LogP contribution in [0.1, 0.15) is 38.2 Å². The van der Waals surface area contributed by atoms with E-state index in [1.807, 2.05) is 0 Å². The molecule has 1 nitrogen and oxygen atoms in total. The number of benzene rings is 1. The number of halogens is 1. The number of likely N-dealkylation sites (N-methyl/N-ethyl adjacent to an activating group) is 1. The van der Waals surface area contributed by atoms with Crippen molar-refractivity contribution in [2.24, 2.45) is 11.8 Å². The highest BCUT2D eigenvalue weighted by atomic mass is 127. The fourth-order valence-corrected chi connectivity index (χ4v) is 3.58. The predicted octanol–water partition coefficient (Wildman–Crippen LogP) is 4.25. The molecule has 3 unspecified atom stereocenters. The summed E-state index contributed by atoms with van der Waals surface area (Å²) in [4.78, 5) is 0. The lowest BCUT2D eigenvalue weighted by Crippen LogP contribution is -2.37. The minimum Gasteiger partial charge on any atom is -0.316 e. The lowest BCUT2D eigenvalue weighted by atomic mass is 9.77. The molecule has 0 amide bonds. The standard InChI is InChI=1S/C16H24IN/c1-12-4-3-5-14(10-12)16(18-2)11-13-6-8-15(17)9-7-13/h6-9,12,14,16,18H,3-5,10-11H2,1-2H3. The summed E-state index contributed by atoms with van der Waals surface area (Å²) in [7, 11) is 2.12. The van der Waals surface area contributed by atoms with Crippen molar-refractivity contribution in [3.8, 4) is 0 Å². The van der Waals surface area contributed by atoms with Gasteiger partial charge in [-0.05, 0) is 78.4 Å². The molecule has 1 N–H and O–H groups in total. The summed E-state index contributed by atoms with van der Waals surface area (Å²) in [5.74, 6) is 1.77. The van der Waals surface area contributed by atoms with Gasteiger partial charge in [0.2, 0.25) is 0 Å². The van der Waals surface area contributed by atoms with Crippen LogP contribution in [0.4, 0.5) is 0 Å². The largest absolute Gasteiger partial charge is 0.316 e. The highest BCUT2D eigenvalue weighted by Crippen LogP contribution is 2.31. The lowest BCUT2D eigenvalue weighted by Gasteiger charge is -2.33. The highest BCUT2D eigenvalue weighted by molar-refractivity contribution is 14.1. The van der Waals surface area contributed by atoms with Gasteiger partial charge in [0.1, 0.15) is 0 Å². The third kappa shape index (κ3) is 3.95. The summed E-state index contributed by atoms with van der Waals surface area (Å²) < 4.78 is 1.32. The third-order valence-corrected chi connectivity index (χ3v) is 5.00. The average Bonchev–Trinajstić information content (AvgIpc) is 2.38. The normalized spacial score (nSPS) is 25.9. The molecule has 1 aromatic rings. The van der Waals surface area contributed by atoms with Crippen LogP contribution in [-0.4, -0.2) is 13.1 Å². The van der Waals surface area contributed by atoms with Gasteiger partial charge in [-0.15, -0.1) is 0 Å². The van der Waals surface area contributed by atoms with E-state index < -0.39 is 0 Å². The minimum absolute atomic E-state index is 0.646. The van der Waals surface area contributed by atoms with Gasteiger partial charge in [-0.2, -0.15) is 0 Å². The number of rotatable bonds is 4.